The van der Waals surface area contributed by atoms with Gasteiger partial charge < -0.3 is 4.90 Å². The van der Waals surface area contributed by atoms with Gasteiger partial charge in [0.2, 0.25) is 5.91 Å². The molecule has 0 radical (unpaired) electrons. The van der Waals surface area contributed by atoms with Crippen molar-refractivity contribution in [1.82, 2.24) is 14.5 Å². The van der Waals surface area contributed by atoms with Crippen LogP contribution in [0.3, 0.4) is 0 Å². The number of aromatic nitrogens is 2. The number of aryl methyl sites for hydroxylation is 1. The van der Waals surface area contributed by atoms with Gasteiger partial charge in [-0.15, -0.1) is 11.3 Å². The van der Waals surface area contributed by atoms with Gasteiger partial charge in [0.15, 0.2) is 9.84 Å². The number of carbonyl (C=O) groups is 1. The number of rotatable bonds is 5. The molecule has 0 bridgehead atoms. The molecule has 2 aliphatic rings. The monoisotopic (exact) mass is 451 g/mol. The zero-order valence-corrected chi connectivity index (χ0v) is 19.4. The van der Waals surface area contributed by atoms with Crippen molar-refractivity contribution in [3.8, 4) is 0 Å². The summed E-state index contributed by atoms with van der Waals surface area (Å²) in [6.07, 6.45) is 4.85. The molecule has 2 unspecified atom stereocenters. The van der Waals surface area contributed by atoms with Gasteiger partial charge in [-0.25, -0.2) is 13.4 Å². The van der Waals surface area contributed by atoms with Crippen LogP contribution in [0.25, 0.3) is 10.2 Å². The van der Waals surface area contributed by atoms with Crippen LogP contribution in [0, 0.1) is 11.8 Å². The van der Waals surface area contributed by atoms with Crippen LogP contribution < -0.4 is 5.56 Å². The fraction of sp³-hybridized carbons (Fsp3) is 0.667. The predicted molar refractivity (Wildman–Crippen MR) is 119 cm³/mol. The Hall–Kier alpha value is -1.74. The van der Waals surface area contributed by atoms with Crippen molar-refractivity contribution in [3.05, 3.63) is 27.1 Å². The number of hydrogen-bond acceptors (Lipinski definition) is 6. The third-order valence-electron chi connectivity index (χ3n) is 6.12. The largest absolute Gasteiger partial charge is 0.337 e. The molecule has 1 aliphatic heterocycles. The van der Waals surface area contributed by atoms with E-state index >= 15 is 0 Å². The molecule has 1 saturated heterocycles. The molecule has 2 aromatic rings. The van der Waals surface area contributed by atoms with E-state index < -0.39 is 9.84 Å². The lowest BCUT2D eigenvalue weighted by molar-refractivity contribution is -0.134. The summed E-state index contributed by atoms with van der Waals surface area (Å²) in [6.45, 7) is 6.61. The first-order valence-electron chi connectivity index (χ1n) is 10.6. The van der Waals surface area contributed by atoms with E-state index in [2.05, 4.69) is 11.9 Å². The summed E-state index contributed by atoms with van der Waals surface area (Å²) in [7, 11) is -3.10. The molecule has 4 rings (SSSR count). The second-order valence-electron chi connectivity index (χ2n) is 9.21. The van der Waals surface area contributed by atoms with Crippen LogP contribution in [-0.4, -0.2) is 52.9 Å². The van der Waals surface area contributed by atoms with E-state index in [4.69, 9.17) is 0 Å². The second-order valence-corrected chi connectivity index (χ2v) is 12.5. The third kappa shape index (κ3) is 4.19. The van der Waals surface area contributed by atoms with Gasteiger partial charge in [-0.1, -0.05) is 20.8 Å². The minimum atomic E-state index is -3.10. The topological polar surface area (TPSA) is 89.3 Å². The molecule has 0 spiro atoms. The number of sulfone groups is 1. The standard InChI is InChI=1S/C21H29N3O4S2/c1-13(2)9-24(15-6-7-30(27,28)11-15)18(25)10-23-12-22-20-19(21(23)26)16-5-4-14(3)8-17(16)29-20/h12-15H,4-11H2,1-3H3. The minimum absolute atomic E-state index is 0.00780. The molecule has 1 fully saturated rings. The number of hydrogen-bond donors (Lipinski definition) is 0. The van der Waals surface area contributed by atoms with E-state index in [1.54, 1.807) is 16.2 Å². The molecule has 30 heavy (non-hydrogen) atoms. The van der Waals surface area contributed by atoms with Crippen molar-refractivity contribution in [2.75, 3.05) is 18.1 Å². The van der Waals surface area contributed by atoms with Crippen molar-refractivity contribution in [2.24, 2.45) is 11.8 Å². The molecular weight excluding hydrogens is 422 g/mol. The highest BCUT2D eigenvalue weighted by atomic mass is 32.2. The molecule has 9 heteroatoms. The zero-order chi connectivity index (χ0) is 21.6. The normalized spacial score (nSPS) is 23.1. The summed E-state index contributed by atoms with van der Waals surface area (Å²) >= 11 is 1.59. The lowest BCUT2D eigenvalue weighted by atomic mass is 9.89. The maximum atomic E-state index is 13.2. The van der Waals surface area contributed by atoms with E-state index in [1.807, 2.05) is 13.8 Å². The molecule has 2 aromatic heterocycles. The number of carbonyl (C=O) groups excluding carboxylic acids is 1. The molecule has 164 valence electrons. The van der Waals surface area contributed by atoms with Crippen LogP contribution in [0.15, 0.2) is 11.1 Å². The average molecular weight is 452 g/mol. The highest BCUT2D eigenvalue weighted by Gasteiger charge is 2.35. The molecule has 1 amide bonds. The quantitative estimate of drug-likeness (QED) is 0.696. The second kappa shape index (κ2) is 8.07. The van der Waals surface area contributed by atoms with Gasteiger partial charge >= 0.3 is 0 Å². The van der Waals surface area contributed by atoms with Gasteiger partial charge in [0.05, 0.1) is 23.2 Å². The summed E-state index contributed by atoms with van der Waals surface area (Å²) in [5.74, 6) is 0.731. The molecule has 3 heterocycles. The molecule has 2 atom stereocenters. The van der Waals surface area contributed by atoms with Crippen LogP contribution >= 0.6 is 11.3 Å². The Morgan fingerprint density at radius 3 is 2.80 bits per heavy atom. The van der Waals surface area contributed by atoms with Gasteiger partial charge in [-0.05, 0) is 43.1 Å². The van der Waals surface area contributed by atoms with Gasteiger partial charge in [0.1, 0.15) is 11.4 Å². The summed E-state index contributed by atoms with van der Waals surface area (Å²) in [5.41, 5.74) is 0.942. The van der Waals surface area contributed by atoms with Crippen molar-refractivity contribution in [3.63, 3.8) is 0 Å². The molecule has 0 saturated carbocycles. The first kappa shape index (κ1) is 21.5. The Balaban J connectivity index is 1.63. The first-order valence-corrected chi connectivity index (χ1v) is 13.3. The Bertz CT molecular complexity index is 1130. The fourth-order valence-corrected chi connectivity index (χ4v) is 7.66. The maximum absolute atomic E-state index is 13.2. The minimum Gasteiger partial charge on any atom is -0.337 e. The van der Waals surface area contributed by atoms with Crippen molar-refractivity contribution < 1.29 is 13.2 Å². The Morgan fingerprint density at radius 1 is 1.37 bits per heavy atom. The van der Waals surface area contributed by atoms with Crippen molar-refractivity contribution in [1.29, 1.82) is 0 Å². The van der Waals surface area contributed by atoms with Crippen molar-refractivity contribution >= 4 is 37.3 Å². The van der Waals surface area contributed by atoms with Crippen molar-refractivity contribution in [2.45, 2.75) is 59.0 Å². The van der Waals surface area contributed by atoms with Gasteiger partial charge in [-0.3, -0.25) is 14.2 Å². The van der Waals surface area contributed by atoms with Gasteiger partial charge in [0.25, 0.3) is 5.56 Å². The van der Waals surface area contributed by atoms with E-state index in [0.717, 1.165) is 29.7 Å². The molecule has 0 N–H and O–H groups in total. The number of fused-ring (bicyclic) bond motifs is 3. The van der Waals surface area contributed by atoms with Gasteiger partial charge in [0, 0.05) is 17.5 Å². The SMILES string of the molecule is CC(C)CN(C(=O)Cn1cnc2sc3c(c2c1=O)CCC(C)C3)C1CCS(=O)(=O)C1. The summed E-state index contributed by atoms with van der Waals surface area (Å²) in [5, 5.41) is 0.663. The molecule has 7 nitrogen and oxygen atoms in total. The molecular formula is C21H29N3O4S2. The van der Waals surface area contributed by atoms with Crippen LogP contribution in [0.5, 0.6) is 0 Å². The van der Waals surface area contributed by atoms with Gasteiger partial charge in [-0.2, -0.15) is 0 Å². The highest BCUT2D eigenvalue weighted by Crippen LogP contribution is 2.35. The smallest absolute Gasteiger partial charge is 0.262 e. The number of thiophene rings is 1. The Morgan fingerprint density at radius 2 is 2.13 bits per heavy atom. The lowest BCUT2D eigenvalue weighted by Crippen LogP contribution is -2.45. The highest BCUT2D eigenvalue weighted by molar-refractivity contribution is 7.91. The predicted octanol–water partition coefficient (Wildman–Crippen LogP) is 2.25. The van der Waals surface area contributed by atoms with E-state index in [1.165, 1.54) is 15.8 Å². The Labute approximate surface area is 181 Å². The van der Waals surface area contributed by atoms with E-state index in [0.29, 0.717) is 24.3 Å². The number of nitrogens with zero attached hydrogens (tertiary/aromatic N) is 3. The number of amides is 1. The van der Waals surface area contributed by atoms with Crippen LogP contribution in [0.2, 0.25) is 0 Å². The summed E-state index contributed by atoms with van der Waals surface area (Å²) in [4.78, 5) is 34.5. The first-order chi connectivity index (χ1) is 14.1. The molecule has 0 aromatic carbocycles. The van der Waals surface area contributed by atoms with Crippen LogP contribution in [-0.2, 0) is 34.0 Å². The van der Waals surface area contributed by atoms with E-state index in [9.17, 15) is 18.0 Å². The lowest BCUT2D eigenvalue weighted by Gasteiger charge is -2.30. The van der Waals surface area contributed by atoms with E-state index in [-0.39, 0.29) is 41.5 Å². The van der Waals surface area contributed by atoms with Crippen LogP contribution in [0.1, 0.15) is 44.1 Å². The zero-order valence-electron chi connectivity index (χ0n) is 17.8. The average Bonchev–Trinajstić information content (AvgIpc) is 3.21. The Kier molecular flexibility index (Phi) is 5.78. The third-order valence-corrected chi connectivity index (χ3v) is 9.03. The maximum Gasteiger partial charge on any atom is 0.262 e. The summed E-state index contributed by atoms with van der Waals surface area (Å²) in [6, 6.07) is -0.312. The van der Waals surface area contributed by atoms with Crippen LogP contribution in [0.4, 0.5) is 0 Å². The fourth-order valence-electron chi connectivity index (χ4n) is 4.58. The molecule has 1 aliphatic carbocycles. The summed E-state index contributed by atoms with van der Waals surface area (Å²) < 4.78 is 25.3.